The topological polar surface area (TPSA) is 75.3 Å². The second-order valence-corrected chi connectivity index (χ2v) is 5.88. The first-order valence-electron chi connectivity index (χ1n) is 7.40. The molecule has 1 rings (SSSR count). The molecule has 2 atom stereocenters. The first-order chi connectivity index (χ1) is 10.2. The molecule has 0 saturated carbocycles. The Balaban J connectivity index is 2.75. The molecule has 0 bridgehead atoms. The number of hydrogen-bond acceptors (Lipinski definition) is 3. The lowest BCUT2D eigenvalue weighted by Gasteiger charge is -2.23. The maximum atomic E-state index is 12.3. The first kappa shape index (κ1) is 17.9. The highest BCUT2D eigenvalue weighted by Crippen LogP contribution is 2.08. The van der Waals surface area contributed by atoms with Crippen molar-refractivity contribution in [1.29, 1.82) is 0 Å². The fourth-order valence-corrected chi connectivity index (χ4v) is 2.09. The van der Waals surface area contributed by atoms with Crippen LogP contribution >= 0.6 is 0 Å². The van der Waals surface area contributed by atoms with Crippen LogP contribution in [0.5, 0.6) is 0 Å². The van der Waals surface area contributed by atoms with Crippen LogP contribution in [0.2, 0.25) is 0 Å². The van der Waals surface area contributed by atoms with Gasteiger partial charge in [0.1, 0.15) is 6.04 Å². The number of ketones is 1. The number of carbonyl (C=O) groups is 3. The van der Waals surface area contributed by atoms with Crippen LogP contribution in [0, 0.1) is 12.8 Å². The Bertz CT molecular complexity index is 550. The van der Waals surface area contributed by atoms with Crippen LogP contribution in [-0.2, 0) is 9.59 Å². The molecule has 0 unspecified atom stereocenters. The van der Waals surface area contributed by atoms with Crippen molar-refractivity contribution in [1.82, 2.24) is 10.6 Å². The summed E-state index contributed by atoms with van der Waals surface area (Å²) >= 11 is 0. The molecule has 0 aliphatic heterocycles. The highest BCUT2D eigenvalue weighted by Gasteiger charge is 2.26. The lowest BCUT2D eigenvalue weighted by molar-refractivity contribution is -0.129. The Hall–Kier alpha value is -2.17. The SMILES string of the molecule is CC(=O)N[C@H](C(=O)N[C@H](C)C(=O)c1ccc(C)cc1)C(C)C. The van der Waals surface area contributed by atoms with Gasteiger partial charge in [-0.3, -0.25) is 14.4 Å². The van der Waals surface area contributed by atoms with Gasteiger partial charge < -0.3 is 10.6 Å². The van der Waals surface area contributed by atoms with Gasteiger partial charge in [0.2, 0.25) is 11.8 Å². The second kappa shape index (κ2) is 7.73. The summed E-state index contributed by atoms with van der Waals surface area (Å²) in [4.78, 5) is 35.7. The van der Waals surface area contributed by atoms with Crippen molar-refractivity contribution in [2.45, 2.75) is 46.7 Å². The molecule has 0 aliphatic rings. The molecular weight excluding hydrogens is 280 g/mol. The maximum absolute atomic E-state index is 12.3. The Morgan fingerprint density at radius 1 is 0.955 bits per heavy atom. The van der Waals surface area contributed by atoms with Gasteiger partial charge in [0.15, 0.2) is 5.78 Å². The highest BCUT2D eigenvalue weighted by atomic mass is 16.2. The molecule has 0 radical (unpaired) electrons. The summed E-state index contributed by atoms with van der Waals surface area (Å²) in [6.45, 7) is 8.63. The molecule has 22 heavy (non-hydrogen) atoms. The number of rotatable bonds is 6. The molecule has 5 heteroatoms. The quantitative estimate of drug-likeness (QED) is 0.788. The van der Waals surface area contributed by atoms with E-state index in [0.717, 1.165) is 5.56 Å². The fourth-order valence-electron chi connectivity index (χ4n) is 2.09. The summed E-state index contributed by atoms with van der Waals surface area (Å²) in [6, 6.07) is 5.91. The molecule has 0 heterocycles. The van der Waals surface area contributed by atoms with Crippen molar-refractivity contribution < 1.29 is 14.4 Å². The smallest absolute Gasteiger partial charge is 0.243 e. The molecule has 2 amide bonds. The monoisotopic (exact) mass is 304 g/mol. The Morgan fingerprint density at radius 2 is 1.50 bits per heavy atom. The molecule has 1 aromatic carbocycles. The fraction of sp³-hybridized carbons (Fsp3) is 0.471. The van der Waals surface area contributed by atoms with Gasteiger partial charge in [0.25, 0.3) is 0 Å². The van der Waals surface area contributed by atoms with Crippen LogP contribution in [0.1, 0.15) is 43.6 Å². The van der Waals surface area contributed by atoms with E-state index >= 15 is 0 Å². The van der Waals surface area contributed by atoms with E-state index in [0.29, 0.717) is 5.56 Å². The van der Waals surface area contributed by atoms with Crippen LogP contribution in [0.4, 0.5) is 0 Å². The number of Topliss-reactive ketones (excluding diaryl/α,β-unsaturated/α-hetero) is 1. The van der Waals surface area contributed by atoms with Crippen molar-refractivity contribution in [3.63, 3.8) is 0 Å². The minimum Gasteiger partial charge on any atom is -0.344 e. The van der Waals surface area contributed by atoms with Gasteiger partial charge in [-0.15, -0.1) is 0 Å². The summed E-state index contributed by atoms with van der Waals surface area (Å²) in [6.07, 6.45) is 0. The predicted octanol–water partition coefficient (Wildman–Crippen LogP) is 1.84. The number of nitrogens with one attached hydrogen (secondary N) is 2. The molecule has 5 nitrogen and oxygen atoms in total. The van der Waals surface area contributed by atoms with Crippen molar-refractivity contribution >= 4 is 17.6 Å². The van der Waals surface area contributed by atoms with Gasteiger partial charge in [-0.1, -0.05) is 43.7 Å². The van der Waals surface area contributed by atoms with E-state index in [1.165, 1.54) is 6.92 Å². The number of hydrogen-bond donors (Lipinski definition) is 2. The molecule has 0 saturated heterocycles. The first-order valence-corrected chi connectivity index (χ1v) is 7.40. The van der Waals surface area contributed by atoms with Gasteiger partial charge in [-0.25, -0.2) is 0 Å². The van der Waals surface area contributed by atoms with Crippen molar-refractivity contribution in [3.05, 3.63) is 35.4 Å². The largest absolute Gasteiger partial charge is 0.344 e. The summed E-state index contributed by atoms with van der Waals surface area (Å²) in [5, 5.41) is 5.28. The Kier molecular flexibility index (Phi) is 6.28. The zero-order chi connectivity index (χ0) is 16.9. The molecule has 1 aromatic rings. The molecule has 2 N–H and O–H groups in total. The maximum Gasteiger partial charge on any atom is 0.243 e. The summed E-state index contributed by atoms with van der Waals surface area (Å²) < 4.78 is 0. The van der Waals surface area contributed by atoms with Crippen LogP contribution in [0.3, 0.4) is 0 Å². The van der Waals surface area contributed by atoms with E-state index in [1.54, 1.807) is 19.1 Å². The number of amides is 2. The third-order valence-corrected chi connectivity index (χ3v) is 3.40. The van der Waals surface area contributed by atoms with Crippen molar-refractivity contribution in [3.8, 4) is 0 Å². The normalized spacial score (nSPS) is 13.4. The third-order valence-electron chi connectivity index (χ3n) is 3.40. The molecule has 0 aliphatic carbocycles. The van der Waals surface area contributed by atoms with Gasteiger partial charge in [-0.05, 0) is 19.8 Å². The third kappa shape index (κ3) is 4.98. The van der Waals surface area contributed by atoms with Crippen LogP contribution in [-0.4, -0.2) is 29.7 Å². The van der Waals surface area contributed by atoms with Gasteiger partial charge in [0, 0.05) is 12.5 Å². The Morgan fingerprint density at radius 3 is 1.95 bits per heavy atom. The Labute approximate surface area is 131 Å². The van der Waals surface area contributed by atoms with E-state index in [-0.39, 0.29) is 23.5 Å². The number of carbonyl (C=O) groups excluding carboxylic acids is 3. The van der Waals surface area contributed by atoms with Crippen LogP contribution in [0.25, 0.3) is 0 Å². The summed E-state index contributed by atoms with van der Waals surface area (Å²) in [5.41, 5.74) is 1.62. The summed E-state index contributed by atoms with van der Waals surface area (Å²) in [5.74, 6) is -0.839. The predicted molar refractivity (Wildman–Crippen MR) is 85.6 cm³/mol. The van der Waals surface area contributed by atoms with Crippen molar-refractivity contribution in [2.24, 2.45) is 5.92 Å². The molecular formula is C17H24N2O3. The van der Waals surface area contributed by atoms with E-state index in [2.05, 4.69) is 10.6 Å². The van der Waals surface area contributed by atoms with Gasteiger partial charge >= 0.3 is 0 Å². The van der Waals surface area contributed by atoms with Gasteiger partial charge in [0.05, 0.1) is 6.04 Å². The number of aryl methyl sites for hydroxylation is 1. The molecule has 0 fully saturated rings. The van der Waals surface area contributed by atoms with E-state index in [9.17, 15) is 14.4 Å². The van der Waals surface area contributed by atoms with E-state index in [1.807, 2.05) is 32.9 Å². The molecule has 0 spiro atoms. The lowest BCUT2D eigenvalue weighted by Crippen LogP contribution is -2.52. The molecule has 120 valence electrons. The minimum atomic E-state index is -0.648. The minimum absolute atomic E-state index is 0.0643. The van der Waals surface area contributed by atoms with E-state index < -0.39 is 12.1 Å². The number of benzene rings is 1. The second-order valence-electron chi connectivity index (χ2n) is 5.88. The standard InChI is InChI=1S/C17H24N2O3/c1-10(2)15(19-13(5)20)17(22)18-12(4)16(21)14-8-6-11(3)7-9-14/h6-10,12,15H,1-5H3,(H,18,22)(H,19,20)/t12-,15+/m1/s1. The summed E-state index contributed by atoms with van der Waals surface area (Å²) in [7, 11) is 0. The zero-order valence-corrected chi connectivity index (χ0v) is 13.8. The van der Waals surface area contributed by atoms with Crippen molar-refractivity contribution in [2.75, 3.05) is 0 Å². The highest BCUT2D eigenvalue weighted by molar-refractivity contribution is 6.02. The zero-order valence-electron chi connectivity index (χ0n) is 13.8. The van der Waals surface area contributed by atoms with Crippen LogP contribution in [0.15, 0.2) is 24.3 Å². The van der Waals surface area contributed by atoms with E-state index in [4.69, 9.17) is 0 Å². The average Bonchev–Trinajstić information content (AvgIpc) is 2.44. The average molecular weight is 304 g/mol. The lowest BCUT2D eigenvalue weighted by atomic mass is 10.0. The van der Waals surface area contributed by atoms with Crippen LogP contribution < -0.4 is 10.6 Å². The molecule has 0 aromatic heterocycles. The van der Waals surface area contributed by atoms with Gasteiger partial charge in [-0.2, -0.15) is 0 Å².